The number of hydrogen-bond donors (Lipinski definition) is 0. The van der Waals surface area contributed by atoms with Gasteiger partial charge in [0.1, 0.15) is 5.82 Å². The number of piperidine rings is 1. The summed E-state index contributed by atoms with van der Waals surface area (Å²) in [5.41, 5.74) is 6.05. The van der Waals surface area contributed by atoms with Crippen molar-refractivity contribution >= 4 is 0 Å². The van der Waals surface area contributed by atoms with Crippen molar-refractivity contribution in [1.82, 2.24) is 9.55 Å². The zero-order chi connectivity index (χ0) is 17.2. The molecule has 0 aliphatic carbocycles. The Hall–Kier alpha value is -1.29. The third-order valence-electron chi connectivity index (χ3n) is 5.18. The quantitative estimate of drug-likeness (QED) is 0.559. The summed E-state index contributed by atoms with van der Waals surface area (Å²) < 4.78 is 2.20. The molecule has 0 N–H and O–H groups in total. The van der Waals surface area contributed by atoms with Gasteiger partial charge in [0.2, 0.25) is 0 Å². The van der Waals surface area contributed by atoms with Crippen LogP contribution in [0.15, 0.2) is 54.6 Å². The van der Waals surface area contributed by atoms with E-state index in [1.165, 1.54) is 35.4 Å². The van der Waals surface area contributed by atoms with Gasteiger partial charge in [-0.1, -0.05) is 43.2 Å². The molecule has 3 heterocycles. The second-order valence-corrected chi connectivity index (χ2v) is 6.90. The predicted octanol–water partition coefficient (Wildman–Crippen LogP) is 5.40. The van der Waals surface area contributed by atoms with E-state index in [-0.39, 0.29) is 32.7 Å². The SMILES string of the molecule is Cc1ccc(C)n1-c1cccc(-c2ccc(C3CC[N-]CC3)cc2)n1.[Y]. The second-order valence-electron chi connectivity index (χ2n) is 6.90. The number of hydrogen-bond acceptors (Lipinski definition) is 1. The second kappa shape index (κ2) is 8.60. The van der Waals surface area contributed by atoms with E-state index in [0.717, 1.165) is 24.6 Å². The molecule has 26 heavy (non-hydrogen) atoms. The van der Waals surface area contributed by atoms with Gasteiger partial charge >= 0.3 is 0 Å². The number of benzene rings is 1. The molecule has 0 unspecified atom stereocenters. The monoisotopic (exact) mass is 419 g/mol. The molecule has 1 aliphatic rings. The first-order chi connectivity index (χ1) is 12.2. The molecule has 0 spiro atoms. The summed E-state index contributed by atoms with van der Waals surface area (Å²) in [7, 11) is 0. The molecule has 3 nitrogen and oxygen atoms in total. The Morgan fingerprint density at radius 3 is 2.19 bits per heavy atom. The van der Waals surface area contributed by atoms with Crippen LogP contribution in [0.5, 0.6) is 0 Å². The third-order valence-corrected chi connectivity index (χ3v) is 5.18. The van der Waals surface area contributed by atoms with Crippen LogP contribution in [0.3, 0.4) is 0 Å². The molecule has 1 aromatic carbocycles. The van der Waals surface area contributed by atoms with Crippen LogP contribution in [0, 0.1) is 13.8 Å². The Morgan fingerprint density at radius 1 is 0.885 bits per heavy atom. The van der Waals surface area contributed by atoms with Gasteiger partial charge in [-0.05, 0) is 49.6 Å². The number of nitrogens with zero attached hydrogens (tertiary/aromatic N) is 3. The Morgan fingerprint density at radius 2 is 1.54 bits per heavy atom. The molecule has 4 rings (SSSR count). The summed E-state index contributed by atoms with van der Waals surface area (Å²) >= 11 is 0. The zero-order valence-electron chi connectivity index (χ0n) is 15.5. The zero-order valence-corrected chi connectivity index (χ0v) is 18.4. The van der Waals surface area contributed by atoms with E-state index in [2.05, 4.69) is 78.3 Å². The van der Waals surface area contributed by atoms with E-state index in [1.807, 2.05) is 0 Å². The molecule has 0 amide bonds. The molecule has 0 saturated carbocycles. The van der Waals surface area contributed by atoms with Crippen molar-refractivity contribution in [3.05, 3.63) is 76.9 Å². The first-order valence-corrected chi connectivity index (χ1v) is 9.08. The summed E-state index contributed by atoms with van der Waals surface area (Å²) in [6.07, 6.45) is 2.36. The van der Waals surface area contributed by atoms with Crippen LogP contribution in [-0.2, 0) is 32.7 Å². The van der Waals surface area contributed by atoms with Gasteiger partial charge in [0, 0.05) is 49.7 Å². The maximum atomic E-state index is 4.90. The van der Waals surface area contributed by atoms with Crippen molar-refractivity contribution in [2.24, 2.45) is 0 Å². The van der Waals surface area contributed by atoms with Gasteiger partial charge in [-0.25, -0.2) is 4.98 Å². The van der Waals surface area contributed by atoms with Crippen LogP contribution in [0.4, 0.5) is 0 Å². The summed E-state index contributed by atoms with van der Waals surface area (Å²) in [6, 6.07) is 19.5. The van der Waals surface area contributed by atoms with Gasteiger partial charge in [-0.15, -0.1) is 13.1 Å². The molecule has 1 aliphatic heterocycles. The molecule has 2 aromatic heterocycles. The molecule has 0 atom stereocenters. The molecule has 4 heteroatoms. The minimum absolute atomic E-state index is 0. The van der Waals surface area contributed by atoms with Crippen molar-refractivity contribution in [1.29, 1.82) is 0 Å². The molecular weight excluding hydrogens is 395 g/mol. The van der Waals surface area contributed by atoms with Crippen molar-refractivity contribution in [3.8, 4) is 17.1 Å². The molecule has 1 saturated heterocycles. The van der Waals surface area contributed by atoms with Gasteiger partial charge in [0.05, 0.1) is 5.69 Å². The average molecular weight is 419 g/mol. The van der Waals surface area contributed by atoms with Gasteiger partial charge in [0.15, 0.2) is 0 Å². The summed E-state index contributed by atoms with van der Waals surface area (Å²) in [6.45, 7) is 6.25. The maximum Gasteiger partial charge on any atom is 0.137 e. The van der Waals surface area contributed by atoms with E-state index in [1.54, 1.807) is 0 Å². The van der Waals surface area contributed by atoms with Gasteiger partial charge in [0.25, 0.3) is 0 Å². The molecule has 3 aromatic rings. The Balaban J connectivity index is 0.00000196. The molecule has 1 radical (unpaired) electrons. The van der Waals surface area contributed by atoms with Gasteiger partial charge < -0.3 is 9.88 Å². The van der Waals surface area contributed by atoms with E-state index in [0.29, 0.717) is 5.92 Å². The topological polar surface area (TPSA) is 31.9 Å². The first kappa shape index (κ1) is 19.5. The Labute approximate surface area is 181 Å². The number of aryl methyl sites for hydroxylation is 2. The molecular formula is C22H24N3Y-. The maximum absolute atomic E-state index is 4.90. The normalized spacial score (nSPS) is 14.8. The van der Waals surface area contributed by atoms with Crippen LogP contribution in [-0.4, -0.2) is 22.6 Å². The third kappa shape index (κ3) is 4.00. The molecule has 131 valence electrons. The van der Waals surface area contributed by atoms with Crippen LogP contribution in [0.1, 0.15) is 35.7 Å². The van der Waals surface area contributed by atoms with Crippen LogP contribution in [0.2, 0.25) is 0 Å². The summed E-state index contributed by atoms with van der Waals surface area (Å²) in [5, 5.41) is 4.45. The molecule has 1 fully saturated rings. The smallest absolute Gasteiger partial charge is 0.137 e. The minimum Gasteiger partial charge on any atom is -0.662 e. The van der Waals surface area contributed by atoms with Crippen LogP contribution < -0.4 is 0 Å². The Bertz CT molecular complexity index is 842. The predicted molar refractivity (Wildman–Crippen MR) is 104 cm³/mol. The molecule has 0 bridgehead atoms. The number of pyridine rings is 1. The van der Waals surface area contributed by atoms with Crippen LogP contribution in [0.25, 0.3) is 22.4 Å². The summed E-state index contributed by atoms with van der Waals surface area (Å²) in [5.74, 6) is 1.64. The van der Waals surface area contributed by atoms with E-state index in [4.69, 9.17) is 4.98 Å². The minimum atomic E-state index is 0. The fourth-order valence-corrected chi connectivity index (χ4v) is 3.75. The largest absolute Gasteiger partial charge is 0.662 e. The fourth-order valence-electron chi connectivity index (χ4n) is 3.75. The van der Waals surface area contributed by atoms with Crippen molar-refractivity contribution in [2.45, 2.75) is 32.6 Å². The van der Waals surface area contributed by atoms with E-state index < -0.39 is 0 Å². The van der Waals surface area contributed by atoms with Crippen LogP contribution >= 0.6 is 0 Å². The average Bonchev–Trinajstić information content (AvgIpc) is 3.01. The Kier molecular flexibility index (Phi) is 6.44. The standard InChI is InChI=1S/C22H24N3.Y/c1-16-6-7-17(2)25(16)22-5-3-4-21(24-22)20-10-8-18(9-11-20)19-12-14-23-15-13-19;/h3-11,19H,12-15H2,1-2H3;/q-1;. The van der Waals surface area contributed by atoms with Crippen molar-refractivity contribution < 1.29 is 32.7 Å². The van der Waals surface area contributed by atoms with Gasteiger partial charge in [-0.3, -0.25) is 0 Å². The van der Waals surface area contributed by atoms with E-state index >= 15 is 0 Å². The number of aromatic nitrogens is 2. The van der Waals surface area contributed by atoms with Crippen molar-refractivity contribution in [2.75, 3.05) is 13.1 Å². The number of rotatable bonds is 3. The summed E-state index contributed by atoms with van der Waals surface area (Å²) in [4.78, 5) is 4.90. The van der Waals surface area contributed by atoms with E-state index in [9.17, 15) is 0 Å². The fraction of sp³-hybridized carbons (Fsp3) is 0.318. The first-order valence-electron chi connectivity index (χ1n) is 9.08. The van der Waals surface area contributed by atoms with Crippen molar-refractivity contribution in [3.63, 3.8) is 0 Å². The van der Waals surface area contributed by atoms with Gasteiger partial charge in [-0.2, -0.15) is 0 Å².